The summed E-state index contributed by atoms with van der Waals surface area (Å²) in [6.07, 6.45) is 6.22. The van der Waals surface area contributed by atoms with E-state index in [9.17, 15) is 13.2 Å². The van der Waals surface area contributed by atoms with Crippen LogP contribution in [-0.4, -0.2) is 20.4 Å². The second-order valence-electron chi connectivity index (χ2n) is 7.52. The number of hydrogen-bond acceptors (Lipinski definition) is 3. The number of fused-ring (bicyclic) bond motifs is 1. The van der Waals surface area contributed by atoms with E-state index in [1.807, 2.05) is 13.0 Å². The Kier molecular flexibility index (Phi) is 4.68. The van der Waals surface area contributed by atoms with E-state index < -0.39 is 10.0 Å². The first-order chi connectivity index (χ1) is 12.9. The fraction of sp³-hybridized carbons (Fsp3) is 0.381. The number of carbonyl (C=O) groups is 1. The summed E-state index contributed by atoms with van der Waals surface area (Å²) in [7, 11) is -3.70. The smallest absolute Gasteiger partial charge is 0.261 e. The van der Waals surface area contributed by atoms with Crippen molar-refractivity contribution in [2.75, 3.05) is 4.72 Å². The molecule has 0 radical (unpaired) electrons. The number of anilines is 1. The highest BCUT2D eigenvalue weighted by Crippen LogP contribution is 2.27. The second-order valence-corrected chi connectivity index (χ2v) is 9.20. The Morgan fingerprint density at radius 3 is 2.48 bits per heavy atom. The first-order valence-electron chi connectivity index (χ1n) is 9.48. The van der Waals surface area contributed by atoms with Gasteiger partial charge >= 0.3 is 0 Å². The molecule has 4 rings (SSSR count). The van der Waals surface area contributed by atoms with Crippen LogP contribution in [0.1, 0.15) is 52.7 Å². The van der Waals surface area contributed by atoms with E-state index in [4.69, 9.17) is 0 Å². The molecular weight excluding hydrogens is 360 g/mol. The number of sulfonamides is 1. The molecule has 2 aromatic carbocycles. The van der Waals surface area contributed by atoms with Gasteiger partial charge in [0.1, 0.15) is 0 Å². The maximum atomic E-state index is 12.9. The Bertz CT molecular complexity index is 994. The molecule has 0 bridgehead atoms. The molecule has 0 spiro atoms. The van der Waals surface area contributed by atoms with Crippen molar-refractivity contribution in [2.45, 2.75) is 56.4 Å². The van der Waals surface area contributed by atoms with Gasteiger partial charge in [0.25, 0.3) is 15.9 Å². The van der Waals surface area contributed by atoms with Crippen LogP contribution in [-0.2, 0) is 22.9 Å². The summed E-state index contributed by atoms with van der Waals surface area (Å²) < 4.78 is 28.5. The highest BCUT2D eigenvalue weighted by molar-refractivity contribution is 7.92. The molecule has 0 unspecified atom stereocenters. The van der Waals surface area contributed by atoms with Crippen molar-refractivity contribution in [3.05, 3.63) is 58.7 Å². The number of carbonyl (C=O) groups excluding carboxylic acids is 1. The summed E-state index contributed by atoms with van der Waals surface area (Å²) in [4.78, 5) is 12.5. The van der Waals surface area contributed by atoms with E-state index in [2.05, 4.69) is 10.0 Å². The number of rotatable bonds is 5. The first-order valence-corrected chi connectivity index (χ1v) is 11.0. The minimum absolute atomic E-state index is 0.160. The molecule has 2 aliphatic carbocycles. The number of aryl methyl sites for hydroxylation is 3. The van der Waals surface area contributed by atoms with Gasteiger partial charge in [0.15, 0.2) is 0 Å². The molecule has 2 N–H and O–H groups in total. The molecule has 1 amide bonds. The molecule has 2 aliphatic rings. The lowest BCUT2D eigenvalue weighted by Gasteiger charge is -2.17. The molecule has 6 heteroatoms. The van der Waals surface area contributed by atoms with Crippen LogP contribution in [0.2, 0.25) is 0 Å². The van der Waals surface area contributed by atoms with Gasteiger partial charge < -0.3 is 5.32 Å². The lowest BCUT2D eigenvalue weighted by Crippen LogP contribution is -2.25. The molecule has 27 heavy (non-hydrogen) atoms. The Balaban J connectivity index is 1.59. The fourth-order valence-corrected chi connectivity index (χ4v) is 4.62. The standard InChI is InChI=1S/C21H24N2O3S/c1-14-6-7-17(21(24)22-18-9-10-18)13-20(14)23-27(25,26)19-11-8-15-4-2-3-5-16(15)12-19/h6-8,11-13,18,23H,2-5,9-10H2,1H3,(H,22,24). The summed E-state index contributed by atoms with van der Waals surface area (Å²) in [5.41, 5.74) is 4.06. The monoisotopic (exact) mass is 384 g/mol. The van der Waals surface area contributed by atoms with Gasteiger partial charge in [0, 0.05) is 11.6 Å². The van der Waals surface area contributed by atoms with Crippen LogP contribution < -0.4 is 10.0 Å². The van der Waals surface area contributed by atoms with E-state index in [1.165, 1.54) is 5.56 Å². The zero-order valence-electron chi connectivity index (χ0n) is 15.4. The largest absolute Gasteiger partial charge is 0.349 e. The lowest BCUT2D eigenvalue weighted by atomic mass is 9.92. The Morgan fingerprint density at radius 1 is 1.00 bits per heavy atom. The zero-order chi connectivity index (χ0) is 19.0. The third kappa shape index (κ3) is 4.00. The predicted octanol–water partition coefficient (Wildman–Crippen LogP) is 3.57. The Morgan fingerprint density at radius 2 is 1.74 bits per heavy atom. The fourth-order valence-electron chi connectivity index (χ4n) is 3.45. The average Bonchev–Trinajstić information content (AvgIpc) is 3.47. The maximum absolute atomic E-state index is 12.9. The van der Waals surface area contributed by atoms with Gasteiger partial charge in [0.2, 0.25) is 0 Å². The van der Waals surface area contributed by atoms with Crippen LogP contribution in [0.15, 0.2) is 41.3 Å². The van der Waals surface area contributed by atoms with Crippen LogP contribution >= 0.6 is 0 Å². The third-order valence-corrected chi connectivity index (χ3v) is 6.65. The van der Waals surface area contributed by atoms with Gasteiger partial charge in [-0.2, -0.15) is 0 Å². The molecule has 5 nitrogen and oxygen atoms in total. The molecule has 1 fully saturated rings. The van der Waals surface area contributed by atoms with Crippen LogP contribution in [0, 0.1) is 6.92 Å². The minimum Gasteiger partial charge on any atom is -0.349 e. The van der Waals surface area contributed by atoms with Gasteiger partial charge in [0.05, 0.1) is 10.6 Å². The van der Waals surface area contributed by atoms with Crippen molar-refractivity contribution in [3.63, 3.8) is 0 Å². The average molecular weight is 385 g/mol. The number of amides is 1. The van der Waals surface area contributed by atoms with E-state index >= 15 is 0 Å². The van der Waals surface area contributed by atoms with Crippen molar-refractivity contribution >= 4 is 21.6 Å². The van der Waals surface area contributed by atoms with Crippen LogP contribution in [0.5, 0.6) is 0 Å². The van der Waals surface area contributed by atoms with Crippen molar-refractivity contribution in [3.8, 4) is 0 Å². The maximum Gasteiger partial charge on any atom is 0.261 e. The molecule has 1 saturated carbocycles. The molecular formula is C21H24N2O3S. The first kappa shape index (κ1) is 18.0. The van der Waals surface area contributed by atoms with Crippen molar-refractivity contribution in [2.24, 2.45) is 0 Å². The molecule has 2 aromatic rings. The van der Waals surface area contributed by atoms with Gasteiger partial charge in [-0.05, 0) is 86.4 Å². The lowest BCUT2D eigenvalue weighted by molar-refractivity contribution is 0.0951. The Labute approximate surface area is 160 Å². The topological polar surface area (TPSA) is 75.3 Å². The predicted molar refractivity (Wildman–Crippen MR) is 106 cm³/mol. The van der Waals surface area contributed by atoms with Crippen LogP contribution in [0.4, 0.5) is 5.69 Å². The quantitative estimate of drug-likeness (QED) is 0.828. The van der Waals surface area contributed by atoms with E-state index in [1.54, 1.807) is 30.3 Å². The molecule has 0 heterocycles. The SMILES string of the molecule is Cc1ccc(C(=O)NC2CC2)cc1NS(=O)(=O)c1ccc2c(c1)CCCC2. The molecule has 0 atom stereocenters. The normalized spacial score (nSPS) is 16.5. The van der Waals surface area contributed by atoms with Gasteiger partial charge in [-0.1, -0.05) is 12.1 Å². The molecule has 0 aliphatic heterocycles. The van der Waals surface area contributed by atoms with E-state index in [0.29, 0.717) is 11.3 Å². The van der Waals surface area contributed by atoms with E-state index in [0.717, 1.165) is 49.7 Å². The van der Waals surface area contributed by atoms with Crippen LogP contribution in [0.3, 0.4) is 0 Å². The van der Waals surface area contributed by atoms with Gasteiger partial charge in [-0.3, -0.25) is 9.52 Å². The number of nitrogens with one attached hydrogen (secondary N) is 2. The summed E-state index contributed by atoms with van der Waals surface area (Å²) in [6.45, 7) is 1.83. The minimum atomic E-state index is -3.70. The summed E-state index contributed by atoms with van der Waals surface area (Å²) in [5, 5.41) is 2.93. The number of benzene rings is 2. The van der Waals surface area contributed by atoms with Crippen LogP contribution in [0.25, 0.3) is 0 Å². The summed E-state index contributed by atoms with van der Waals surface area (Å²) in [6, 6.07) is 10.8. The Hall–Kier alpha value is -2.34. The van der Waals surface area contributed by atoms with Crippen molar-refractivity contribution in [1.29, 1.82) is 0 Å². The van der Waals surface area contributed by atoms with Gasteiger partial charge in [-0.15, -0.1) is 0 Å². The zero-order valence-corrected chi connectivity index (χ0v) is 16.2. The third-order valence-electron chi connectivity index (χ3n) is 5.29. The van der Waals surface area contributed by atoms with Gasteiger partial charge in [-0.25, -0.2) is 8.42 Å². The molecule has 142 valence electrons. The second kappa shape index (κ2) is 7.00. The highest BCUT2D eigenvalue weighted by Gasteiger charge is 2.24. The van der Waals surface area contributed by atoms with E-state index in [-0.39, 0.29) is 16.8 Å². The molecule has 0 aromatic heterocycles. The van der Waals surface area contributed by atoms with Crippen molar-refractivity contribution < 1.29 is 13.2 Å². The molecule has 0 saturated heterocycles. The number of hydrogen-bond donors (Lipinski definition) is 2. The highest BCUT2D eigenvalue weighted by atomic mass is 32.2. The summed E-state index contributed by atoms with van der Waals surface area (Å²) >= 11 is 0. The van der Waals surface area contributed by atoms with Crippen molar-refractivity contribution in [1.82, 2.24) is 5.32 Å². The summed E-state index contributed by atoms with van der Waals surface area (Å²) in [5.74, 6) is -0.160.